The van der Waals surface area contributed by atoms with E-state index in [0.717, 1.165) is 12.7 Å². The third-order valence-electron chi connectivity index (χ3n) is 0.599. The van der Waals surface area contributed by atoms with Crippen LogP contribution in [-0.2, 0) is 14.4 Å². The summed E-state index contributed by atoms with van der Waals surface area (Å²) in [4.78, 5) is 27.8. The predicted molar refractivity (Wildman–Crippen MR) is 37.7 cm³/mol. The van der Waals surface area contributed by atoms with Gasteiger partial charge in [-0.05, 0) is 6.42 Å². The van der Waals surface area contributed by atoms with E-state index in [-0.39, 0.29) is 6.42 Å². The molecule has 0 saturated heterocycles. The van der Waals surface area contributed by atoms with Crippen molar-refractivity contribution in [1.29, 1.82) is 0 Å². The fourth-order valence-electron chi connectivity index (χ4n) is 0.157. The third-order valence-corrected chi connectivity index (χ3v) is 0.599. The normalized spacial score (nSPS) is 6.90. The van der Waals surface area contributed by atoms with Crippen LogP contribution in [0.25, 0.3) is 0 Å². The van der Waals surface area contributed by atoms with E-state index >= 15 is 0 Å². The molecule has 3 nitrogen and oxygen atoms in total. The summed E-state index contributed by atoms with van der Waals surface area (Å²) in [6, 6.07) is 0. The van der Waals surface area contributed by atoms with Crippen LogP contribution in [-0.4, -0.2) is 18.9 Å². The molecule has 0 N–H and O–H groups in total. The number of unbranched alkanes of at least 4 members (excludes halogenated alkanes) is 1. The smallest absolute Gasteiger partial charge is 0.127 e. The van der Waals surface area contributed by atoms with Gasteiger partial charge in [0.2, 0.25) is 0 Å². The third kappa shape index (κ3) is 27.9. The number of rotatable bonds is 4. The zero-order chi connectivity index (χ0) is 8.24. The second-order valence-electron chi connectivity index (χ2n) is 1.52. The highest BCUT2D eigenvalue weighted by Gasteiger charge is 1.66. The molecule has 0 aromatic carbocycles. The van der Waals surface area contributed by atoms with Gasteiger partial charge >= 0.3 is 0 Å². The SMILES string of the molecule is CCCC=O.O=CCC=O. The first-order valence-electron chi connectivity index (χ1n) is 3.14. The van der Waals surface area contributed by atoms with Gasteiger partial charge in [-0.25, -0.2) is 0 Å². The molecule has 0 rings (SSSR count). The zero-order valence-corrected chi connectivity index (χ0v) is 6.08. The van der Waals surface area contributed by atoms with E-state index in [1.165, 1.54) is 0 Å². The van der Waals surface area contributed by atoms with Gasteiger partial charge in [-0.3, -0.25) is 0 Å². The minimum atomic E-state index is 0.0278. The number of aldehydes is 3. The second-order valence-corrected chi connectivity index (χ2v) is 1.52. The van der Waals surface area contributed by atoms with E-state index in [4.69, 9.17) is 0 Å². The van der Waals surface area contributed by atoms with Crippen LogP contribution in [0.5, 0.6) is 0 Å². The number of hydrogen-bond donors (Lipinski definition) is 0. The molecule has 3 heteroatoms. The Balaban J connectivity index is 0. The second kappa shape index (κ2) is 15.7. The summed E-state index contributed by atoms with van der Waals surface area (Å²) >= 11 is 0. The Bertz CT molecular complexity index is 82.9. The van der Waals surface area contributed by atoms with E-state index in [1.54, 1.807) is 0 Å². The van der Waals surface area contributed by atoms with Gasteiger partial charge in [0.25, 0.3) is 0 Å². The summed E-state index contributed by atoms with van der Waals surface area (Å²) in [7, 11) is 0. The summed E-state index contributed by atoms with van der Waals surface area (Å²) in [5.74, 6) is 0. The Labute approximate surface area is 60.4 Å². The Morgan fingerprint density at radius 2 is 1.50 bits per heavy atom. The molecule has 0 amide bonds. The highest BCUT2D eigenvalue weighted by Crippen LogP contribution is 1.74. The van der Waals surface area contributed by atoms with Crippen molar-refractivity contribution < 1.29 is 14.4 Å². The van der Waals surface area contributed by atoms with E-state index in [9.17, 15) is 14.4 Å². The molecule has 0 heterocycles. The van der Waals surface area contributed by atoms with Crippen molar-refractivity contribution in [2.45, 2.75) is 26.2 Å². The van der Waals surface area contributed by atoms with Crippen molar-refractivity contribution >= 4 is 18.9 Å². The maximum Gasteiger partial charge on any atom is 0.127 e. The molecule has 0 aromatic rings. The molecular formula is C7H12O3. The lowest BCUT2D eigenvalue weighted by molar-refractivity contribution is -0.114. The molecule has 0 fully saturated rings. The summed E-state index contributed by atoms with van der Waals surface area (Å²) in [5.41, 5.74) is 0. The highest BCUT2D eigenvalue weighted by molar-refractivity contribution is 5.72. The molecule has 0 aliphatic heterocycles. The zero-order valence-electron chi connectivity index (χ0n) is 6.08. The van der Waals surface area contributed by atoms with E-state index < -0.39 is 0 Å². The van der Waals surface area contributed by atoms with Gasteiger partial charge in [-0.15, -0.1) is 0 Å². The minimum absolute atomic E-state index is 0.0278. The van der Waals surface area contributed by atoms with Crippen LogP contribution >= 0.6 is 0 Å². The molecule has 0 atom stereocenters. The lowest BCUT2D eigenvalue weighted by Gasteiger charge is -1.68. The van der Waals surface area contributed by atoms with Crippen molar-refractivity contribution in [2.75, 3.05) is 0 Å². The molecule has 58 valence electrons. The Hall–Kier alpha value is -0.990. The van der Waals surface area contributed by atoms with Crippen molar-refractivity contribution in [3.05, 3.63) is 0 Å². The lowest BCUT2D eigenvalue weighted by Crippen LogP contribution is -1.69. The van der Waals surface area contributed by atoms with E-state index in [2.05, 4.69) is 0 Å². The molecule has 0 aliphatic rings. The predicted octanol–water partition coefficient (Wildman–Crippen LogP) is 0.760. The quantitative estimate of drug-likeness (QED) is 0.432. The van der Waals surface area contributed by atoms with E-state index in [1.807, 2.05) is 6.92 Å². The summed E-state index contributed by atoms with van der Waals surface area (Å²) in [6.07, 6.45) is 3.77. The number of carbonyl (C=O) groups excluding carboxylic acids is 3. The summed E-state index contributed by atoms with van der Waals surface area (Å²) in [5, 5.41) is 0. The summed E-state index contributed by atoms with van der Waals surface area (Å²) in [6.45, 7) is 1.98. The number of hydrogen-bond acceptors (Lipinski definition) is 3. The van der Waals surface area contributed by atoms with Gasteiger partial charge in [0.1, 0.15) is 18.9 Å². The number of carbonyl (C=O) groups is 3. The van der Waals surface area contributed by atoms with Crippen LogP contribution in [0.15, 0.2) is 0 Å². The average Bonchev–Trinajstić information content (AvgIpc) is 1.93. The molecule has 0 saturated carbocycles. The fraction of sp³-hybridized carbons (Fsp3) is 0.571. The van der Waals surface area contributed by atoms with Crippen LogP contribution in [0.4, 0.5) is 0 Å². The van der Waals surface area contributed by atoms with Crippen molar-refractivity contribution in [3.63, 3.8) is 0 Å². The van der Waals surface area contributed by atoms with Gasteiger partial charge in [0.05, 0.1) is 6.42 Å². The van der Waals surface area contributed by atoms with Gasteiger partial charge in [0, 0.05) is 6.42 Å². The molecule has 0 spiro atoms. The van der Waals surface area contributed by atoms with Crippen molar-refractivity contribution in [1.82, 2.24) is 0 Å². The molecule has 0 aromatic heterocycles. The van der Waals surface area contributed by atoms with Crippen molar-refractivity contribution in [3.8, 4) is 0 Å². The van der Waals surface area contributed by atoms with Crippen molar-refractivity contribution in [2.24, 2.45) is 0 Å². The van der Waals surface area contributed by atoms with E-state index in [0.29, 0.717) is 19.0 Å². The van der Waals surface area contributed by atoms with Crippen LogP contribution in [0.3, 0.4) is 0 Å². The van der Waals surface area contributed by atoms with Gasteiger partial charge < -0.3 is 14.4 Å². The maximum absolute atomic E-state index is 9.40. The lowest BCUT2D eigenvalue weighted by atomic mass is 10.4. The fourth-order valence-corrected chi connectivity index (χ4v) is 0.157. The van der Waals surface area contributed by atoms with Gasteiger partial charge in [-0.2, -0.15) is 0 Å². The highest BCUT2D eigenvalue weighted by atomic mass is 16.1. The molecule has 0 radical (unpaired) electrons. The van der Waals surface area contributed by atoms with Gasteiger partial charge in [-0.1, -0.05) is 6.92 Å². The topological polar surface area (TPSA) is 51.2 Å². The van der Waals surface area contributed by atoms with Crippen LogP contribution in [0.1, 0.15) is 26.2 Å². The van der Waals surface area contributed by atoms with Crippen LogP contribution in [0, 0.1) is 0 Å². The Morgan fingerprint density at radius 3 is 1.50 bits per heavy atom. The van der Waals surface area contributed by atoms with Gasteiger partial charge in [0.15, 0.2) is 0 Å². The first-order valence-corrected chi connectivity index (χ1v) is 3.14. The molecule has 0 aliphatic carbocycles. The Morgan fingerprint density at radius 1 is 1.00 bits per heavy atom. The first-order chi connectivity index (χ1) is 4.83. The maximum atomic E-state index is 9.40. The molecule has 0 unspecified atom stereocenters. The standard InChI is InChI=1S/C4H8O.C3H4O2/c1-2-3-4-5;4-2-1-3-5/h4H,2-3H2,1H3;2-3H,1H2. The average molecular weight is 144 g/mol. The summed E-state index contributed by atoms with van der Waals surface area (Å²) < 4.78 is 0. The molecule has 0 bridgehead atoms. The minimum Gasteiger partial charge on any atom is -0.303 e. The molecule has 10 heavy (non-hydrogen) atoms. The largest absolute Gasteiger partial charge is 0.303 e. The monoisotopic (exact) mass is 144 g/mol. The Kier molecular flexibility index (Phi) is 18.4. The first kappa shape index (κ1) is 11.8. The van der Waals surface area contributed by atoms with Crippen LogP contribution in [0.2, 0.25) is 0 Å². The molecular weight excluding hydrogens is 132 g/mol. The van der Waals surface area contributed by atoms with Crippen LogP contribution < -0.4 is 0 Å².